The minimum Gasteiger partial charge on any atom is -0.337 e. The summed E-state index contributed by atoms with van der Waals surface area (Å²) in [5.74, 6) is 0.154. The lowest BCUT2D eigenvalue weighted by Gasteiger charge is -2.27. The van der Waals surface area contributed by atoms with Gasteiger partial charge in [-0.3, -0.25) is 9.59 Å². The number of amides is 1. The van der Waals surface area contributed by atoms with Crippen LogP contribution in [0.4, 0.5) is 0 Å². The number of carbonyl (C=O) groups excluding carboxylic acids is 1. The van der Waals surface area contributed by atoms with Crippen molar-refractivity contribution in [3.8, 4) is 6.07 Å². The smallest absolute Gasteiger partial charge is 0.266 e. The molecule has 2 rings (SSSR count). The van der Waals surface area contributed by atoms with E-state index < -0.39 is 0 Å². The SMILES string of the molecule is Cc1[nH]c(=O)c(C#N)c(C)c1CCC(=O)N(C(C)C)C1CC1. The zero-order chi connectivity index (χ0) is 16.4. The van der Waals surface area contributed by atoms with Crippen molar-refractivity contribution in [1.29, 1.82) is 5.26 Å². The van der Waals surface area contributed by atoms with Gasteiger partial charge in [0.2, 0.25) is 5.91 Å². The number of aromatic amines is 1. The molecule has 1 fully saturated rings. The fraction of sp³-hybridized carbons (Fsp3) is 0.588. The van der Waals surface area contributed by atoms with Crippen molar-refractivity contribution in [2.75, 3.05) is 0 Å². The molecule has 1 heterocycles. The zero-order valence-electron chi connectivity index (χ0n) is 13.7. The van der Waals surface area contributed by atoms with Crippen LogP contribution >= 0.6 is 0 Å². The first-order chi connectivity index (χ1) is 10.4. The molecule has 0 saturated heterocycles. The predicted molar refractivity (Wildman–Crippen MR) is 84.6 cm³/mol. The molecule has 1 N–H and O–H groups in total. The Bertz CT molecular complexity index is 676. The molecule has 1 amide bonds. The molecule has 118 valence electrons. The first-order valence-electron chi connectivity index (χ1n) is 7.80. The molecule has 1 aliphatic carbocycles. The number of aromatic nitrogens is 1. The number of rotatable bonds is 5. The highest BCUT2D eigenvalue weighted by molar-refractivity contribution is 5.77. The van der Waals surface area contributed by atoms with Crippen LogP contribution in [-0.2, 0) is 11.2 Å². The van der Waals surface area contributed by atoms with Gasteiger partial charge in [-0.15, -0.1) is 0 Å². The summed E-state index contributed by atoms with van der Waals surface area (Å²) < 4.78 is 0. The van der Waals surface area contributed by atoms with Crippen LogP contribution in [0.25, 0.3) is 0 Å². The minimum absolute atomic E-state index is 0.149. The predicted octanol–water partition coefficient (Wildman–Crippen LogP) is 2.20. The molecule has 22 heavy (non-hydrogen) atoms. The van der Waals surface area contributed by atoms with Crippen LogP contribution < -0.4 is 5.56 Å². The van der Waals surface area contributed by atoms with Crippen LogP contribution in [0.3, 0.4) is 0 Å². The third-order valence-electron chi connectivity index (χ3n) is 4.29. The summed E-state index contributed by atoms with van der Waals surface area (Å²) in [5, 5.41) is 9.09. The van der Waals surface area contributed by atoms with Gasteiger partial charge >= 0.3 is 0 Å². The third kappa shape index (κ3) is 3.22. The average Bonchev–Trinajstić information content (AvgIpc) is 3.22. The van der Waals surface area contributed by atoms with Gasteiger partial charge in [-0.05, 0) is 58.1 Å². The number of nitrogens with one attached hydrogen (secondary N) is 1. The van der Waals surface area contributed by atoms with E-state index in [0.29, 0.717) is 24.4 Å². The van der Waals surface area contributed by atoms with Crippen LogP contribution in [-0.4, -0.2) is 27.9 Å². The van der Waals surface area contributed by atoms with E-state index >= 15 is 0 Å². The Morgan fingerprint density at radius 3 is 2.55 bits per heavy atom. The lowest BCUT2D eigenvalue weighted by molar-refractivity contribution is -0.133. The van der Waals surface area contributed by atoms with Crippen molar-refractivity contribution in [2.45, 2.75) is 65.5 Å². The molecule has 1 aromatic heterocycles. The van der Waals surface area contributed by atoms with Crippen LogP contribution in [0, 0.1) is 25.2 Å². The Kier molecular flexibility index (Phi) is 4.70. The lowest BCUT2D eigenvalue weighted by Crippen LogP contribution is -2.38. The molecule has 1 aromatic rings. The van der Waals surface area contributed by atoms with Crippen LogP contribution in [0.2, 0.25) is 0 Å². The number of aryl methyl sites for hydroxylation is 1. The molecule has 0 unspecified atom stereocenters. The Balaban J connectivity index is 2.16. The molecule has 0 bridgehead atoms. The van der Waals surface area contributed by atoms with Crippen molar-refractivity contribution < 1.29 is 4.79 Å². The van der Waals surface area contributed by atoms with E-state index in [-0.39, 0.29) is 23.1 Å². The van der Waals surface area contributed by atoms with Crippen molar-refractivity contribution >= 4 is 5.91 Å². The average molecular weight is 301 g/mol. The summed E-state index contributed by atoms with van der Waals surface area (Å²) >= 11 is 0. The van der Waals surface area contributed by atoms with E-state index in [2.05, 4.69) is 4.98 Å². The summed E-state index contributed by atoms with van der Waals surface area (Å²) in [5.41, 5.74) is 2.14. The van der Waals surface area contributed by atoms with Crippen LogP contribution in [0.15, 0.2) is 4.79 Å². The monoisotopic (exact) mass is 301 g/mol. The van der Waals surface area contributed by atoms with Gasteiger partial charge in [-0.25, -0.2) is 0 Å². The van der Waals surface area contributed by atoms with Gasteiger partial charge in [0.1, 0.15) is 11.6 Å². The van der Waals surface area contributed by atoms with Gasteiger partial charge in [0.25, 0.3) is 5.56 Å². The first kappa shape index (κ1) is 16.3. The van der Waals surface area contributed by atoms with Crippen molar-refractivity contribution in [3.63, 3.8) is 0 Å². The molecule has 0 spiro atoms. The van der Waals surface area contributed by atoms with Crippen LogP contribution in [0.1, 0.15) is 55.5 Å². The summed E-state index contributed by atoms with van der Waals surface area (Å²) in [6.45, 7) is 7.68. The highest BCUT2D eigenvalue weighted by atomic mass is 16.2. The highest BCUT2D eigenvalue weighted by Gasteiger charge is 2.33. The summed E-state index contributed by atoms with van der Waals surface area (Å²) in [4.78, 5) is 28.9. The summed E-state index contributed by atoms with van der Waals surface area (Å²) in [6.07, 6.45) is 3.16. The largest absolute Gasteiger partial charge is 0.337 e. The molecule has 1 aliphatic rings. The Labute approximate surface area is 130 Å². The molecule has 0 atom stereocenters. The normalized spacial score (nSPS) is 14.0. The van der Waals surface area contributed by atoms with Crippen molar-refractivity contribution in [2.24, 2.45) is 0 Å². The van der Waals surface area contributed by atoms with Crippen LogP contribution in [0.5, 0.6) is 0 Å². The number of nitrogens with zero attached hydrogens (tertiary/aromatic N) is 2. The number of nitriles is 1. The Morgan fingerprint density at radius 1 is 1.41 bits per heavy atom. The Morgan fingerprint density at radius 2 is 2.05 bits per heavy atom. The lowest BCUT2D eigenvalue weighted by atomic mass is 9.98. The quantitative estimate of drug-likeness (QED) is 0.905. The maximum absolute atomic E-state index is 12.5. The highest BCUT2D eigenvalue weighted by Crippen LogP contribution is 2.29. The van der Waals surface area contributed by atoms with E-state index in [1.165, 1.54) is 0 Å². The molecule has 5 nitrogen and oxygen atoms in total. The second-order valence-electron chi connectivity index (χ2n) is 6.30. The summed E-state index contributed by atoms with van der Waals surface area (Å²) in [6, 6.07) is 2.57. The van der Waals surface area contributed by atoms with Gasteiger partial charge < -0.3 is 9.88 Å². The van der Waals surface area contributed by atoms with E-state index in [0.717, 1.165) is 24.1 Å². The zero-order valence-corrected chi connectivity index (χ0v) is 13.7. The number of hydrogen-bond donors (Lipinski definition) is 1. The second kappa shape index (κ2) is 6.35. The van der Waals surface area contributed by atoms with Crippen molar-refractivity contribution in [3.05, 3.63) is 32.7 Å². The van der Waals surface area contributed by atoms with Gasteiger partial charge in [-0.2, -0.15) is 5.26 Å². The third-order valence-corrected chi connectivity index (χ3v) is 4.29. The molecular formula is C17H23N3O2. The van der Waals surface area contributed by atoms with Gasteiger partial charge in [0.15, 0.2) is 0 Å². The second-order valence-corrected chi connectivity index (χ2v) is 6.30. The fourth-order valence-electron chi connectivity index (χ4n) is 3.05. The van der Waals surface area contributed by atoms with E-state index in [1.807, 2.05) is 31.7 Å². The van der Waals surface area contributed by atoms with Gasteiger partial charge in [-0.1, -0.05) is 0 Å². The van der Waals surface area contributed by atoms with Gasteiger partial charge in [0.05, 0.1) is 0 Å². The summed E-state index contributed by atoms with van der Waals surface area (Å²) in [7, 11) is 0. The Hall–Kier alpha value is -2.09. The first-order valence-corrected chi connectivity index (χ1v) is 7.80. The molecular weight excluding hydrogens is 278 g/mol. The topological polar surface area (TPSA) is 77.0 Å². The number of pyridine rings is 1. The van der Waals surface area contributed by atoms with Gasteiger partial charge in [0, 0.05) is 24.2 Å². The number of H-pyrrole nitrogens is 1. The van der Waals surface area contributed by atoms with E-state index in [1.54, 1.807) is 6.92 Å². The standard InChI is InChI=1S/C17H23N3O2/c1-10(2)20(13-5-6-13)16(21)8-7-14-11(3)15(9-18)17(22)19-12(14)4/h10,13H,5-8H2,1-4H3,(H,19,22). The fourth-order valence-corrected chi connectivity index (χ4v) is 3.05. The molecule has 5 heteroatoms. The molecule has 0 aromatic carbocycles. The maximum atomic E-state index is 12.5. The number of carbonyl (C=O) groups is 1. The number of hydrogen-bond acceptors (Lipinski definition) is 3. The van der Waals surface area contributed by atoms with E-state index in [4.69, 9.17) is 5.26 Å². The molecule has 1 saturated carbocycles. The van der Waals surface area contributed by atoms with Crippen molar-refractivity contribution in [1.82, 2.24) is 9.88 Å². The minimum atomic E-state index is -0.352. The molecule has 0 aliphatic heterocycles. The molecule has 0 radical (unpaired) electrons. The van der Waals surface area contributed by atoms with E-state index in [9.17, 15) is 9.59 Å². The maximum Gasteiger partial charge on any atom is 0.266 e.